The van der Waals surface area contributed by atoms with Gasteiger partial charge in [0.1, 0.15) is 17.9 Å². The van der Waals surface area contributed by atoms with Crippen LogP contribution in [0.3, 0.4) is 0 Å². The van der Waals surface area contributed by atoms with E-state index in [1.807, 2.05) is 39.8 Å². The van der Waals surface area contributed by atoms with Crippen LogP contribution in [0.2, 0.25) is 0 Å². The van der Waals surface area contributed by atoms with Gasteiger partial charge in [-0.3, -0.25) is 4.79 Å². The number of hydrogen-bond donors (Lipinski definition) is 2. The molecule has 7 nitrogen and oxygen atoms in total. The summed E-state index contributed by atoms with van der Waals surface area (Å²) in [5.41, 5.74) is 1.63. The van der Waals surface area contributed by atoms with Crippen molar-refractivity contribution in [3.8, 4) is 18.1 Å². The molecular formula is C20H27N5O2S. The smallest absolute Gasteiger partial charge is 0.231 e. The van der Waals surface area contributed by atoms with Gasteiger partial charge in [-0.1, -0.05) is 37.6 Å². The molecule has 28 heavy (non-hydrogen) atoms. The first-order chi connectivity index (χ1) is 13.3. The van der Waals surface area contributed by atoms with Crippen LogP contribution in [0, 0.1) is 26.2 Å². The number of terminal acetylenes is 1. The number of benzene rings is 1. The summed E-state index contributed by atoms with van der Waals surface area (Å²) in [6, 6.07) is 5.97. The summed E-state index contributed by atoms with van der Waals surface area (Å²) >= 11 is 1.20. The maximum Gasteiger partial charge on any atom is 0.231 e. The van der Waals surface area contributed by atoms with E-state index in [9.17, 15) is 4.79 Å². The number of aryl methyl sites for hydroxylation is 2. The zero-order chi connectivity index (χ0) is 20.7. The van der Waals surface area contributed by atoms with E-state index in [1.54, 1.807) is 0 Å². The molecule has 0 saturated carbocycles. The average molecular weight is 402 g/mol. The largest absolute Gasteiger partial charge is 0.486 e. The lowest BCUT2D eigenvalue weighted by Gasteiger charge is -2.26. The zero-order valence-corrected chi connectivity index (χ0v) is 17.6. The van der Waals surface area contributed by atoms with Gasteiger partial charge in [0, 0.05) is 0 Å². The molecule has 0 saturated heterocycles. The van der Waals surface area contributed by atoms with E-state index >= 15 is 0 Å². The van der Waals surface area contributed by atoms with E-state index in [0.29, 0.717) is 23.8 Å². The van der Waals surface area contributed by atoms with Gasteiger partial charge in [0.15, 0.2) is 5.82 Å². The van der Waals surface area contributed by atoms with E-state index < -0.39 is 5.54 Å². The maximum atomic E-state index is 12.3. The summed E-state index contributed by atoms with van der Waals surface area (Å²) in [5, 5.41) is 11.5. The fourth-order valence-corrected chi connectivity index (χ4v) is 3.44. The molecule has 2 aromatic rings. The molecule has 2 rings (SSSR count). The number of nitrogens with zero attached hydrogens (tertiary/aromatic N) is 3. The molecule has 0 aliphatic carbocycles. The van der Waals surface area contributed by atoms with Gasteiger partial charge in [-0.25, -0.2) is 4.68 Å². The van der Waals surface area contributed by atoms with Gasteiger partial charge in [-0.15, -0.1) is 16.6 Å². The quantitative estimate of drug-likeness (QED) is 0.381. The first kappa shape index (κ1) is 21.6. The highest BCUT2D eigenvalue weighted by molar-refractivity contribution is 7.99. The third-order valence-corrected chi connectivity index (χ3v) is 5.44. The SMILES string of the molecule is C#CC(CC)(CC)NC(=O)CSc1nnc(COc2cc(C)cc(C)c2)n1N. The van der Waals surface area contributed by atoms with Gasteiger partial charge in [-0.2, -0.15) is 0 Å². The predicted octanol–water partition coefficient (Wildman–Crippen LogP) is 2.59. The molecule has 0 bridgehead atoms. The standard InChI is InChI=1S/C20H27N5O2S/c1-6-20(7-2,8-3)22-18(26)13-28-19-24-23-17(25(19)21)12-27-16-10-14(4)9-15(5)11-16/h1,9-11H,7-8,12-13,21H2,2-5H3,(H,22,26). The third kappa shape index (κ3) is 5.42. The third-order valence-electron chi connectivity index (χ3n) is 4.49. The molecule has 8 heteroatoms. The van der Waals surface area contributed by atoms with Crippen LogP contribution in [0.4, 0.5) is 0 Å². The Kier molecular flexibility index (Phi) is 7.35. The van der Waals surface area contributed by atoms with Gasteiger partial charge in [0.25, 0.3) is 0 Å². The number of amides is 1. The van der Waals surface area contributed by atoms with Crippen molar-refractivity contribution in [2.24, 2.45) is 0 Å². The summed E-state index contributed by atoms with van der Waals surface area (Å²) in [7, 11) is 0. The minimum Gasteiger partial charge on any atom is -0.486 e. The van der Waals surface area contributed by atoms with Gasteiger partial charge < -0.3 is 15.9 Å². The number of aromatic nitrogens is 3. The monoisotopic (exact) mass is 401 g/mol. The van der Waals surface area contributed by atoms with Crippen LogP contribution in [-0.2, 0) is 11.4 Å². The first-order valence-corrected chi connectivity index (χ1v) is 10.1. The van der Waals surface area contributed by atoms with Crippen LogP contribution in [0.15, 0.2) is 23.4 Å². The molecule has 1 aromatic carbocycles. The second-order valence-corrected chi connectivity index (χ2v) is 7.59. The Hall–Kier alpha value is -2.66. The van der Waals surface area contributed by atoms with Gasteiger partial charge in [-0.05, 0) is 49.9 Å². The molecule has 0 atom stereocenters. The highest BCUT2D eigenvalue weighted by atomic mass is 32.2. The molecule has 1 aromatic heterocycles. The van der Waals surface area contributed by atoms with Crippen molar-refractivity contribution in [1.29, 1.82) is 0 Å². The minimum atomic E-state index is -0.612. The Bertz CT molecular complexity index is 848. The highest BCUT2D eigenvalue weighted by Crippen LogP contribution is 2.20. The Labute approximate surface area is 170 Å². The molecule has 0 unspecified atom stereocenters. The average Bonchev–Trinajstić information content (AvgIpc) is 3.02. The van der Waals surface area contributed by atoms with Crippen LogP contribution < -0.4 is 15.9 Å². The molecule has 0 spiro atoms. The lowest BCUT2D eigenvalue weighted by molar-refractivity contribution is -0.119. The number of nitrogen functional groups attached to an aromatic ring is 1. The van der Waals surface area contributed by atoms with E-state index in [-0.39, 0.29) is 18.3 Å². The lowest BCUT2D eigenvalue weighted by atomic mass is 9.94. The predicted molar refractivity (Wildman–Crippen MR) is 111 cm³/mol. The minimum absolute atomic E-state index is 0.149. The maximum absolute atomic E-state index is 12.3. The topological polar surface area (TPSA) is 95.1 Å². The second-order valence-electron chi connectivity index (χ2n) is 6.65. The first-order valence-electron chi connectivity index (χ1n) is 9.14. The number of thioether (sulfide) groups is 1. The number of carbonyl (C=O) groups excluding carboxylic acids is 1. The number of nitrogens with one attached hydrogen (secondary N) is 1. The van der Waals surface area contributed by atoms with Crippen LogP contribution in [-0.4, -0.2) is 32.1 Å². The Balaban J connectivity index is 1.94. The summed E-state index contributed by atoms with van der Waals surface area (Å²) < 4.78 is 7.11. The molecule has 0 radical (unpaired) electrons. The molecule has 1 heterocycles. The van der Waals surface area contributed by atoms with E-state index in [0.717, 1.165) is 16.9 Å². The van der Waals surface area contributed by atoms with Gasteiger partial charge in [0.2, 0.25) is 11.1 Å². The van der Waals surface area contributed by atoms with Crippen LogP contribution >= 0.6 is 11.8 Å². The van der Waals surface area contributed by atoms with E-state index in [1.165, 1.54) is 16.4 Å². The Morgan fingerprint density at radius 2 is 1.93 bits per heavy atom. The molecule has 1 amide bonds. The van der Waals surface area contributed by atoms with E-state index in [4.69, 9.17) is 17.0 Å². The van der Waals surface area contributed by atoms with Gasteiger partial charge in [0.05, 0.1) is 5.75 Å². The summed E-state index contributed by atoms with van der Waals surface area (Å²) in [6.07, 6.45) is 6.92. The lowest BCUT2D eigenvalue weighted by Crippen LogP contribution is -2.47. The molecule has 0 aliphatic rings. The van der Waals surface area contributed by atoms with Crippen LogP contribution in [0.5, 0.6) is 5.75 Å². The van der Waals surface area contributed by atoms with Crippen LogP contribution in [0.25, 0.3) is 0 Å². The van der Waals surface area contributed by atoms with Crippen molar-refractivity contribution in [3.05, 3.63) is 35.2 Å². The Morgan fingerprint density at radius 3 is 2.50 bits per heavy atom. The summed E-state index contributed by atoms with van der Waals surface area (Å²) in [4.78, 5) is 12.3. The van der Waals surface area contributed by atoms with Crippen molar-refractivity contribution < 1.29 is 9.53 Å². The molecular weight excluding hydrogens is 374 g/mol. The fraction of sp³-hybridized carbons (Fsp3) is 0.450. The van der Waals surface area contributed by atoms with Crippen molar-refractivity contribution >= 4 is 17.7 Å². The second kappa shape index (κ2) is 9.51. The summed E-state index contributed by atoms with van der Waals surface area (Å²) in [6.45, 7) is 8.11. The van der Waals surface area contributed by atoms with Crippen molar-refractivity contribution in [2.75, 3.05) is 11.6 Å². The Morgan fingerprint density at radius 1 is 1.29 bits per heavy atom. The number of ether oxygens (including phenoxy) is 1. The van der Waals surface area contributed by atoms with Gasteiger partial charge >= 0.3 is 0 Å². The number of rotatable bonds is 9. The van der Waals surface area contributed by atoms with Crippen LogP contribution in [0.1, 0.15) is 43.6 Å². The van der Waals surface area contributed by atoms with E-state index in [2.05, 4.69) is 27.5 Å². The number of carbonyl (C=O) groups is 1. The highest BCUT2D eigenvalue weighted by Gasteiger charge is 2.25. The normalized spacial score (nSPS) is 11.1. The summed E-state index contributed by atoms with van der Waals surface area (Å²) in [5.74, 6) is 9.94. The van der Waals surface area contributed by atoms with Crippen molar-refractivity contribution in [1.82, 2.24) is 20.2 Å². The molecule has 0 aliphatic heterocycles. The van der Waals surface area contributed by atoms with Crippen molar-refractivity contribution in [2.45, 2.75) is 57.8 Å². The molecule has 0 fully saturated rings. The molecule has 150 valence electrons. The molecule has 3 N–H and O–H groups in total. The number of nitrogens with two attached hydrogens (primary N) is 1. The number of hydrogen-bond acceptors (Lipinski definition) is 6. The van der Waals surface area contributed by atoms with Crippen molar-refractivity contribution in [3.63, 3.8) is 0 Å². The zero-order valence-electron chi connectivity index (χ0n) is 16.8. The fourth-order valence-electron chi connectivity index (χ4n) is 2.77.